The van der Waals surface area contributed by atoms with Crippen LogP contribution >= 0.6 is 0 Å². The summed E-state index contributed by atoms with van der Waals surface area (Å²) < 4.78 is 0. The first-order valence-corrected chi connectivity index (χ1v) is 6.52. The molecular weight excluding hydrogens is 254 g/mol. The highest BCUT2D eigenvalue weighted by Gasteiger charge is 2.17. The third kappa shape index (κ3) is 2.35. The lowest BCUT2D eigenvalue weighted by Gasteiger charge is -2.20. The quantitative estimate of drug-likeness (QED) is 0.775. The van der Waals surface area contributed by atoms with Crippen LogP contribution in [0.25, 0.3) is 0 Å². The average molecular weight is 269 g/mol. The summed E-state index contributed by atoms with van der Waals surface area (Å²) in [5.41, 5.74) is 3.15. The topological polar surface area (TPSA) is 74.2 Å². The van der Waals surface area contributed by atoms with Gasteiger partial charge in [-0.25, -0.2) is 4.98 Å². The summed E-state index contributed by atoms with van der Waals surface area (Å²) in [7, 11) is 0. The number of amides is 1. The molecule has 3 N–H and O–H groups in total. The number of hydrogen-bond donors (Lipinski definition) is 3. The van der Waals surface area contributed by atoms with Crippen molar-refractivity contribution < 1.29 is 9.90 Å². The molecule has 2 aromatic rings. The number of rotatable bonds is 2. The zero-order valence-electron chi connectivity index (χ0n) is 10.9. The van der Waals surface area contributed by atoms with Gasteiger partial charge in [-0.05, 0) is 42.3 Å². The zero-order chi connectivity index (χ0) is 13.9. The van der Waals surface area contributed by atoms with Gasteiger partial charge in [0.05, 0.1) is 0 Å². The van der Waals surface area contributed by atoms with E-state index in [9.17, 15) is 9.90 Å². The van der Waals surface area contributed by atoms with Crippen LogP contribution in [0.5, 0.6) is 5.75 Å². The monoisotopic (exact) mass is 269 g/mol. The maximum atomic E-state index is 12.2. The van der Waals surface area contributed by atoms with Gasteiger partial charge in [-0.3, -0.25) is 4.79 Å². The van der Waals surface area contributed by atoms with Crippen LogP contribution in [0.15, 0.2) is 36.5 Å². The van der Waals surface area contributed by atoms with Crippen LogP contribution in [0.3, 0.4) is 0 Å². The van der Waals surface area contributed by atoms with Crippen LogP contribution in [0, 0.1) is 0 Å². The smallest absolute Gasteiger partial charge is 0.278 e. The van der Waals surface area contributed by atoms with E-state index in [1.165, 1.54) is 17.8 Å². The average Bonchev–Trinajstić information content (AvgIpc) is 2.48. The molecule has 0 saturated heterocycles. The van der Waals surface area contributed by atoms with Crippen molar-refractivity contribution in [2.75, 3.05) is 11.9 Å². The molecule has 1 aliphatic rings. The number of nitrogens with one attached hydrogen (secondary N) is 2. The van der Waals surface area contributed by atoms with Crippen molar-refractivity contribution in [3.63, 3.8) is 0 Å². The molecule has 1 aromatic heterocycles. The van der Waals surface area contributed by atoms with Gasteiger partial charge in [-0.1, -0.05) is 12.1 Å². The highest BCUT2D eigenvalue weighted by Crippen LogP contribution is 2.24. The van der Waals surface area contributed by atoms with E-state index in [-0.39, 0.29) is 11.4 Å². The van der Waals surface area contributed by atoms with Gasteiger partial charge >= 0.3 is 0 Å². The lowest BCUT2D eigenvalue weighted by atomic mass is 9.99. The minimum absolute atomic E-state index is 0.0360. The number of hydrogen-bond acceptors (Lipinski definition) is 4. The standard InChI is InChI=1S/C15H15N3O2/c19-13-5-2-7-17-14(13)15(20)18-12-4-1-3-10-6-8-16-9-11(10)12/h1-5,7,16,19H,6,8-9H2,(H,18,20). The molecule has 0 atom stereocenters. The van der Waals surface area contributed by atoms with E-state index in [2.05, 4.69) is 21.7 Å². The van der Waals surface area contributed by atoms with E-state index in [0.717, 1.165) is 30.8 Å². The molecule has 5 nitrogen and oxygen atoms in total. The number of nitrogens with zero attached hydrogens (tertiary/aromatic N) is 1. The van der Waals surface area contributed by atoms with Gasteiger partial charge in [0, 0.05) is 18.4 Å². The minimum atomic E-state index is -0.401. The first-order valence-electron chi connectivity index (χ1n) is 6.52. The van der Waals surface area contributed by atoms with Gasteiger partial charge in [0.25, 0.3) is 5.91 Å². The van der Waals surface area contributed by atoms with Crippen molar-refractivity contribution in [2.45, 2.75) is 13.0 Å². The minimum Gasteiger partial charge on any atom is -0.505 e. The van der Waals surface area contributed by atoms with E-state index >= 15 is 0 Å². The van der Waals surface area contributed by atoms with Crippen molar-refractivity contribution in [1.82, 2.24) is 10.3 Å². The first-order chi connectivity index (χ1) is 9.75. The third-order valence-corrected chi connectivity index (χ3v) is 3.40. The van der Waals surface area contributed by atoms with Crippen molar-refractivity contribution >= 4 is 11.6 Å². The molecule has 0 spiro atoms. The second-order valence-corrected chi connectivity index (χ2v) is 4.70. The molecule has 20 heavy (non-hydrogen) atoms. The SMILES string of the molecule is O=C(Nc1cccc2c1CNCC2)c1ncccc1O. The van der Waals surface area contributed by atoms with Gasteiger partial charge < -0.3 is 15.7 Å². The Morgan fingerprint density at radius 1 is 1.30 bits per heavy atom. The highest BCUT2D eigenvalue weighted by atomic mass is 16.3. The van der Waals surface area contributed by atoms with Crippen molar-refractivity contribution in [1.29, 1.82) is 0 Å². The molecule has 0 radical (unpaired) electrons. The Hall–Kier alpha value is -2.40. The van der Waals surface area contributed by atoms with E-state index in [1.807, 2.05) is 12.1 Å². The number of benzene rings is 1. The molecule has 5 heteroatoms. The molecule has 1 aliphatic heterocycles. The van der Waals surface area contributed by atoms with Crippen molar-refractivity contribution in [3.8, 4) is 5.75 Å². The first kappa shape index (κ1) is 12.6. The Kier molecular flexibility index (Phi) is 3.35. The maximum Gasteiger partial charge on any atom is 0.278 e. The number of pyridine rings is 1. The molecule has 3 rings (SSSR count). The fraction of sp³-hybridized carbons (Fsp3) is 0.200. The maximum absolute atomic E-state index is 12.2. The Labute approximate surface area is 116 Å². The van der Waals surface area contributed by atoms with Gasteiger partial charge in [-0.15, -0.1) is 0 Å². The lowest BCUT2D eigenvalue weighted by Crippen LogP contribution is -2.25. The number of anilines is 1. The van der Waals surface area contributed by atoms with Crippen LogP contribution in [-0.2, 0) is 13.0 Å². The van der Waals surface area contributed by atoms with Crippen LogP contribution in [0.1, 0.15) is 21.6 Å². The summed E-state index contributed by atoms with van der Waals surface area (Å²) >= 11 is 0. The second kappa shape index (κ2) is 5.30. The molecule has 1 aromatic carbocycles. The van der Waals surface area contributed by atoms with Crippen LogP contribution in [-0.4, -0.2) is 22.5 Å². The number of fused-ring (bicyclic) bond motifs is 1. The van der Waals surface area contributed by atoms with Crippen LogP contribution < -0.4 is 10.6 Å². The molecule has 0 aliphatic carbocycles. The third-order valence-electron chi connectivity index (χ3n) is 3.40. The largest absolute Gasteiger partial charge is 0.505 e. The van der Waals surface area contributed by atoms with Crippen molar-refractivity contribution in [3.05, 3.63) is 53.3 Å². The van der Waals surface area contributed by atoms with E-state index in [0.29, 0.717) is 0 Å². The Balaban J connectivity index is 1.89. The van der Waals surface area contributed by atoms with Gasteiger partial charge in [0.2, 0.25) is 0 Å². The molecule has 0 fully saturated rings. The molecular formula is C15H15N3O2. The van der Waals surface area contributed by atoms with E-state index in [4.69, 9.17) is 0 Å². The molecule has 0 saturated carbocycles. The summed E-state index contributed by atoms with van der Waals surface area (Å²) in [4.78, 5) is 16.1. The highest BCUT2D eigenvalue weighted by molar-refractivity contribution is 6.05. The molecule has 102 valence electrons. The summed E-state index contributed by atoms with van der Waals surface area (Å²) in [6, 6.07) is 8.90. The van der Waals surface area contributed by atoms with Gasteiger partial charge in [0.15, 0.2) is 5.69 Å². The molecule has 0 unspecified atom stereocenters. The van der Waals surface area contributed by atoms with E-state index < -0.39 is 5.91 Å². The summed E-state index contributed by atoms with van der Waals surface area (Å²) in [6.45, 7) is 1.69. The normalized spacial score (nSPS) is 13.6. The van der Waals surface area contributed by atoms with Crippen LogP contribution in [0.2, 0.25) is 0 Å². The Morgan fingerprint density at radius 2 is 2.20 bits per heavy atom. The Morgan fingerprint density at radius 3 is 3.05 bits per heavy atom. The molecule has 0 bridgehead atoms. The fourth-order valence-electron chi connectivity index (χ4n) is 2.38. The van der Waals surface area contributed by atoms with E-state index in [1.54, 1.807) is 6.07 Å². The number of carbonyl (C=O) groups excluding carboxylic acids is 1. The predicted octanol–water partition coefficient (Wildman–Crippen LogP) is 1.69. The molecule has 2 heterocycles. The lowest BCUT2D eigenvalue weighted by molar-refractivity contribution is 0.101. The van der Waals surface area contributed by atoms with Gasteiger partial charge in [-0.2, -0.15) is 0 Å². The second-order valence-electron chi connectivity index (χ2n) is 4.70. The predicted molar refractivity (Wildman–Crippen MR) is 75.7 cm³/mol. The summed E-state index contributed by atoms with van der Waals surface area (Å²) in [5, 5.41) is 15.8. The van der Waals surface area contributed by atoms with Gasteiger partial charge in [0.1, 0.15) is 5.75 Å². The fourth-order valence-corrected chi connectivity index (χ4v) is 2.38. The molecule has 1 amide bonds. The Bertz CT molecular complexity index is 655. The number of aromatic nitrogens is 1. The van der Waals surface area contributed by atoms with Crippen molar-refractivity contribution in [2.24, 2.45) is 0 Å². The number of carbonyl (C=O) groups is 1. The summed E-state index contributed by atoms with van der Waals surface area (Å²) in [6.07, 6.45) is 2.44. The zero-order valence-corrected chi connectivity index (χ0v) is 10.9. The number of aromatic hydroxyl groups is 1. The summed E-state index contributed by atoms with van der Waals surface area (Å²) in [5.74, 6) is -0.519. The van der Waals surface area contributed by atoms with Crippen LogP contribution in [0.4, 0.5) is 5.69 Å².